The molecule has 1 amide bonds. The van der Waals surface area contributed by atoms with Crippen LogP contribution in [0, 0.1) is 11.7 Å². The van der Waals surface area contributed by atoms with Crippen molar-refractivity contribution < 1.29 is 18.7 Å². The summed E-state index contributed by atoms with van der Waals surface area (Å²) in [6.45, 7) is 0.462. The average molecular weight is 533 g/mol. The van der Waals surface area contributed by atoms with Crippen molar-refractivity contribution in [2.75, 3.05) is 6.54 Å². The molecule has 1 aliphatic heterocycles. The third kappa shape index (κ3) is 6.44. The molecule has 1 saturated heterocycles. The Morgan fingerprint density at radius 2 is 1.63 bits per heavy atom. The molecule has 2 heterocycles. The van der Waals surface area contributed by atoms with Crippen molar-refractivity contribution in [3.63, 3.8) is 0 Å². The second-order valence-electron chi connectivity index (χ2n) is 9.40. The summed E-state index contributed by atoms with van der Waals surface area (Å²) in [5, 5.41) is 8.73. The van der Waals surface area contributed by atoms with Gasteiger partial charge in [-0.3, -0.25) is 9.59 Å². The maximum Gasteiger partial charge on any atom is 0.246 e. The maximum absolute atomic E-state index is 13.5. The van der Waals surface area contributed by atoms with Crippen molar-refractivity contribution in [2.45, 2.75) is 31.8 Å². The van der Waals surface area contributed by atoms with Crippen LogP contribution >= 0.6 is 11.6 Å². The van der Waals surface area contributed by atoms with E-state index in [9.17, 15) is 14.0 Å². The zero-order valence-electron chi connectivity index (χ0n) is 20.5. The number of carbonyl (C=O) groups excluding carboxylic acids is 2. The molecular formula is C29H26ClFN4O3. The summed E-state index contributed by atoms with van der Waals surface area (Å²) in [4.78, 5) is 29.7. The molecule has 0 bridgehead atoms. The first-order valence-corrected chi connectivity index (χ1v) is 12.7. The number of nitrogens with zero attached hydrogens (tertiary/aromatic N) is 4. The molecule has 0 unspecified atom stereocenters. The van der Waals surface area contributed by atoms with Gasteiger partial charge < -0.3 is 9.64 Å². The van der Waals surface area contributed by atoms with E-state index < -0.39 is 6.04 Å². The summed E-state index contributed by atoms with van der Waals surface area (Å²) < 4.78 is 18.9. The van der Waals surface area contributed by atoms with Crippen LogP contribution in [-0.4, -0.2) is 44.2 Å². The molecule has 7 nitrogen and oxygen atoms in total. The number of benzene rings is 3. The lowest BCUT2D eigenvalue weighted by Crippen LogP contribution is -2.43. The topological polar surface area (TPSA) is 77.3 Å². The minimum Gasteiger partial charge on any atom is -0.457 e. The largest absolute Gasteiger partial charge is 0.457 e. The lowest BCUT2D eigenvalue weighted by molar-refractivity contribution is -0.138. The first kappa shape index (κ1) is 25.6. The van der Waals surface area contributed by atoms with Crippen molar-refractivity contribution in [3.8, 4) is 11.5 Å². The predicted molar refractivity (Wildman–Crippen MR) is 140 cm³/mol. The normalized spacial score (nSPS) is 16.9. The number of amides is 1. The van der Waals surface area contributed by atoms with Crippen LogP contribution in [0.15, 0.2) is 85.2 Å². The molecule has 9 heteroatoms. The zero-order chi connectivity index (χ0) is 26.5. The number of carbonyl (C=O) groups is 2. The summed E-state index contributed by atoms with van der Waals surface area (Å²) in [6, 6.07) is 20.1. The monoisotopic (exact) mass is 532 g/mol. The van der Waals surface area contributed by atoms with Crippen LogP contribution in [0.5, 0.6) is 11.5 Å². The third-order valence-electron chi connectivity index (χ3n) is 6.59. The number of likely N-dealkylation sites (tertiary alicyclic amines) is 1. The third-order valence-corrected chi connectivity index (χ3v) is 6.82. The highest BCUT2D eigenvalue weighted by Gasteiger charge is 2.39. The van der Waals surface area contributed by atoms with E-state index in [0.29, 0.717) is 29.5 Å². The molecular weight excluding hydrogens is 507 g/mol. The highest BCUT2D eigenvalue weighted by atomic mass is 35.5. The molecule has 38 heavy (non-hydrogen) atoms. The quantitative estimate of drug-likeness (QED) is 0.298. The standard InChI is InChI=1S/C29H26ClFN4O3/c30-23-3-1-2-21(15-23)14-22-16-27(34(18-22)29(37)19-35-32-12-13-33-35)28(36)17-20-4-8-25(9-5-20)38-26-10-6-24(31)7-11-26/h1-13,15,22,27H,14,16-19H2/t22-,27+/m1/s1. The van der Waals surface area contributed by atoms with Gasteiger partial charge in [-0.25, -0.2) is 4.39 Å². The minimum atomic E-state index is -0.530. The molecule has 5 rings (SSSR count). The number of hydrogen-bond acceptors (Lipinski definition) is 5. The van der Waals surface area contributed by atoms with Crippen LogP contribution in [0.2, 0.25) is 5.02 Å². The Kier molecular flexibility index (Phi) is 7.79. The zero-order valence-corrected chi connectivity index (χ0v) is 21.3. The van der Waals surface area contributed by atoms with Gasteiger partial charge in [-0.05, 0) is 78.4 Å². The number of hydrogen-bond donors (Lipinski definition) is 0. The Morgan fingerprint density at radius 1 is 0.947 bits per heavy atom. The molecule has 1 fully saturated rings. The molecule has 0 radical (unpaired) electrons. The SMILES string of the molecule is O=C(Cc1ccc(Oc2ccc(F)cc2)cc1)[C@@H]1C[C@@H](Cc2cccc(Cl)c2)CN1C(=O)Cn1nccn1. The van der Waals surface area contributed by atoms with Gasteiger partial charge in [0, 0.05) is 18.0 Å². The fraction of sp³-hybridized carbons (Fsp3) is 0.241. The summed E-state index contributed by atoms with van der Waals surface area (Å²) in [5.74, 6) is 0.695. The number of Topliss-reactive ketones (excluding diaryl/α,β-unsaturated/α-hetero) is 1. The van der Waals surface area contributed by atoms with Crippen molar-refractivity contribution in [2.24, 2.45) is 5.92 Å². The van der Waals surface area contributed by atoms with Gasteiger partial charge in [-0.15, -0.1) is 0 Å². The van der Waals surface area contributed by atoms with E-state index in [0.717, 1.165) is 17.5 Å². The molecule has 0 spiro atoms. The van der Waals surface area contributed by atoms with E-state index >= 15 is 0 Å². The first-order valence-electron chi connectivity index (χ1n) is 12.4. The molecule has 2 atom stereocenters. The minimum absolute atomic E-state index is 0.0178. The Labute approximate surface area is 224 Å². The fourth-order valence-electron chi connectivity index (χ4n) is 4.82. The smallest absolute Gasteiger partial charge is 0.246 e. The van der Waals surface area contributed by atoms with Gasteiger partial charge in [-0.1, -0.05) is 35.9 Å². The van der Waals surface area contributed by atoms with E-state index in [4.69, 9.17) is 16.3 Å². The van der Waals surface area contributed by atoms with Crippen LogP contribution in [0.25, 0.3) is 0 Å². The lowest BCUT2D eigenvalue weighted by atomic mass is 9.94. The van der Waals surface area contributed by atoms with Gasteiger partial charge in [-0.2, -0.15) is 15.0 Å². The number of aromatic nitrogens is 3. The molecule has 0 aliphatic carbocycles. The van der Waals surface area contributed by atoms with Gasteiger partial charge in [0.25, 0.3) is 0 Å². The molecule has 1 aromatic heterocycles. The van der Waals surface area contributed by atoms with Gasteiger partial charge in [0.05, 0.1) is 18.4 Å². The maximum atomic E-state index is 13.5. The van der Waals surface area contributed by atoms with E-state index in [1.807, 2.05) is 36.4 Å². The Hall–Kier alpha value is -4.04. The second kappa shape index (κ2) is 11.6. The molecule has 4 aromatic rings. The van der Waals surface area contributed by atoms with E-state index in [2.05, 4.69) is 10.2 Å². The van der Waals surface area contributed by atoms with Gasteiger partial charge in [0.15, 0.2) is 5.78 Å². The predicted octanol–water partition coefficient (Wildman–Crippen LogP) is 5.13. The Bertz CT molecular complexity index is 1390. The van der Waals surface area contributed by atoms with Gasteiger partial charge in [0.2, 0.25) is 5.91 Å². The summed E-state index contributed by atoms with van der Waals surface area (Å²) in [5.41, 5.74) is 1.90. The number of halogens is 2. The van der Waals surface area contributed by atoms with E-state index in [1.54, 1.807) is 29.2 Å². The number of ether oxygens (including phenoxy) is 1. The molecule has 0 N–H and O–H groups in total. The van der Waals surface area contributed by atoms with Gasteiger partial charge in [0.1, 0.15) is 23.9 Å². The number of ketones is 1. The Balaban J connectivity index is 1.27. The summed E-state index contributed by atoms with van der Waals surface area (Å²) >= 11 is 6.16. The van der Waals surface area contributed by atoms with Gasteiger partial charge >= 0.3 is 0 Å². The van der Waals surface area contributed by atoms with Crippen molar-refractivity contribution in [3.05, 3.63) is 107 Å². The number of rotatable bonds is 9. The molecule has 0 saturated carbocycles. The highest BCUT2D eigenvalue weighted by Crippen LogP contribution is 2.29. The van der Waals surface area contributed by atoms with E-state index in [-0.39, 0.29) is 36.4 Å². The van der Waals surface area contributed by atoms with Crippen LogP contribution in [0.4, 0.5) is 4.39 Å². The lowest BCUT2D eigenvalue weighted by Gasteiger charge is -2.23. The van der Waals surface area contributed by atoms with Crippen LogP contribution in [-0.2, 0) is 29.0 Å². The molecule has 3 aromatic carbocycles. The van der Waals surface area contributed by atoms with Crippen LogP contribution in [0.1, 0.15) is 17.5 Å². The second-order valence-corrected chi connectivity index (χ2v) is 9.84. The fourth-order valence-corrected chi connectivity index (χ4v) is 5.03. The van der Waals surface area contributed by atoms with E-state index in [1.165, 1.54) is 29.3 Å². The summed E-state index contributed by atoms with van der Waals surface area (Å²) in [6.07, 6.45) is 4.53. The van der Waals surface area contributed by atoms with Crippen molar-refractivity contribution in [1.82, 2.24) is 19.9 Å². The Morgan fingerprint density at radius 3 is 2.32 bits per heavy atom. The molecule has 194 valence electrons. The van der Waals surface area contributed by atoms with Crippen LogP contribution in [0.3, 0.4) is 0 Å². The average Bonchev–Trinajstić information content (AvgIpc) is 3.57. The first-order chi connectivity index (χ1) is 18.4. The highest BCUT2D eigenvalue weighted by molar-refractivity contribution is 6.30. The van der Waals surface area contributed by atoms with Crippen molar-refractivity contribution in [1.29, 1.82) is 0 Å². The summed E-state index contributed by atoms with van der Waals surface area (Å²) in [7, 11) is 0. The van der Waals surface area contributed by atoms with Crippen molar-refractivity contribution >= 4 is 23.3 Å². The molecule has 1 aliphatic rings. The van der Waals surface area contributed by atoms with Crippen LogP contribution < -0.4 is 4.74 Å².